The molecule has 0 saturated carbocycles. The summed E-state index contributed by atoms with van der Waals surface area (Å²) in [5, 5.41) is 5.13. The first kappa shape index (κ1) is 49.6. The number of rotatable bonds is 16. The van der Waals surface area contributed by atoms with E-state index in [1.807, 2.05) is 0 Å². The average molecular weight is 1010 g/mol. The molecule has 378 valence electrons. The zero-order valence-corrected chi connectivity index (χ0v) is 44.5. The fourth-order valence-corrected chi connectivity index (χ4v) is 12.8. The van der Waals surface area contributed by atoms with Crippen LogP contribution in [-0.2, 0) is 36.5 Å². The number of likely N-dealkylation sites (N-methyl/N-ethyl adjacent to an activating group) is 1. The Hall–Kier alpha value is -9.31. The maximum Gasteiger partial charge on any atom is 0.210 e. The summed E-state index contributed by atoms with van der Waals surface area (Å²) in [4.78, 5) is 4.80. The Morgan fingerprint density at radius 1 is 0.436 bits per heavy atom. The van der Waals surface area contributed by atoms with E-state index in [1.165, 1.54) is 77.7 Å². The predicted octanol–water partition coefficient (Wildman–Crippen LogP) is 17.6. The van der Waals surface area contributed by atoms with Crippen molar-refractivity contribution < 1.29 is 4.58 Å². The lowest BCUT2D eigenvalue weighted by atomic mass is 9.68. The molecule has 2 aliphatic rings. The summed E-state index contributed by atoms with van der Waals surface area (Å²) in [6.07, 6.45) is 21.7. The van der Waals surface area contributed by atoms with Crippen molar-refractivity contribution >= 4 is 50.0 Å². The molecule has 0 aromatic heterocycles. The molecular formula is C75H64N3+. The van der Waals surface area contributed by atoms with E-state index in [4.69, 9.17) is 0 Å². The summed E-state index contributed by atoms with van der Waals surface area (Å²) in [6, 6.07) is 92.7. The molecule has 0 N–H and O–H groups in total. The second-order valence-electron chi connectivity index (χ2n) is 20.9. The Bertz CT molecular complexity index is 3790. The smallest absolute Gasteiger partial charge is 0.210 e. The molecule has 0 fully saturated rings. The lowest BCUT2D eigenvalue weighted by molar-refractivity contribution is -0.401. The Kier molecular flexibility index (Phi) is 14.0. The number of nitrogens with zero attached hydrogens (tertiary/aromatic N) is 3. The third-order valence-electron chi connectivity index (χ3n) is 16.1. The van der Waals surface area contributed by atoms with Crippen molar-refractivity contribution in [2.45, 2.75) is 36.5 Å². The predicted molar refractivity (Wildman–Crippen MR) is 330 cm³/mol. The number of fused-ring (bicyclic) bond motifs is 6. The first-order valence-corrected chi connectivity index (χ1v) is 27.4. The molecule has 0 radical (unpaired) electrons. The van der Waals surface area contributed by atoms with E-state index in [0.717, 1.165) is 42.8 Å². The van der Waals surface area contributed by atoms with E-state index in [-0.39, 0.29) is 10.8 Å². The number of anilines is 3. The van der Waals surface area contributed by atoms with Crippen molar-refractivity contribution in [3.8, 4) is 0 Å². The minimum Gasteiger partial charge on any atom is -0.347 e. The maximum atomic E-state index is 2.45. The molecule has 0 atom stereocenters. The minimum atomic E-state index is -0.359. The van der Waals surface area contributed by atoms with Crippen LogP contribution in [0.5, 0.6) is 0 Å². The summed E-state index contributed by atoms with van der Waals surface area (Å²) in [5.74, 6) is 0. The van der Waals surface area contributed by atoms with E-state index in [2.05, 4.69) is 332 Å². The first-order valence-electron chi connectivity index (χ1n) is 27.4. The highest BCUT2D eigenvalue weighted by Crippen LogP contribution is 2.54. The molecule has 2 aliphatic heterocycles. The van der Waals surface area contributed by atoms with Crippen LogP contribution in [0.3, 0.4) is 0 Å². The van der Waals surface area contributed by atoms with Crippen LogP contribution in [0.1, 0.15) is 33.4 Å². The number of hydrogen-bond acceptors (Lipinski definition) is 2. The highest BCUT2D eigenvalue weighted by atomic mass is 15.2. The third-order valence-corrected chi connectivity index (χ3v) is 16.1. The van der Waals surface area contributed by atoms with Crippen molar-refractivity contribution in [2.75, 3.05) is 23.9 Å². The van der Waals surface area contributed by atoms with Gasteiger partial charge in [0.25, 0.3) is 0 Å². The summed E-state index contributed by atoms with van der Waals surface area (Å²) in [6.45, 7) is 0. The van der Waals surface area contributed by atoms with Crippen LogP contribution >= 0.6 is 0 Å². The largest absolute Gasteiger partial charge is 0.347 e. The molecule has 2 heterocycles. The zero-order valence-electron chi connectivity index (χ0n) is 44.5. The van der Waals surface area contributed by atoms with Crippen LogP contribution in [0.2, 0.25) is 0 Å². The molecule has 0 bridgehead atoms. The van der Waals surface area contributed by atoms with Gasteiger partial charge >= 0.3 is 0 Å². The first-order chi connectivity index (χ1) is 38.5. The Balaban J connectivity index is 0.988. The lowest BCUT2D eigenvalue weighted by Gasteiger charge is -2.34. The molecule has 0 aliphatic carbocycles. The number of hydrogen-bond donors (Lipinski definition) is 0. The van der Waals surface area contributed by atoms with Crippen molar-refractivity contribution in [3.05, 3.63) is 348 Å². The highest BCUT2D eigenvalue weighted by Gasteiger charge is 2.51. The normalized spacial score (nSPS) is 15.3. The molecule has 0 saturated heterocycles. The molecule has 0 spiro atoms. The zero-order chi connectivity index (χ0) is 52.7. The number of para-hydroxylation sites is 2. The topological polar surface area (TPSA) is 9.49 Å². The summed E-state index contributed by atoms with van der Waals surface area (Å²) >= 11 is 0. The van der Waals surface area contributed by atoms with Crippen molar-refractivity contribution in [2.24, 2.45) is 0 Å². The van der Waals surface area contributed by atoms with Gasteiger partial charge in [0.2, 0.25) is 5.69 Å². The van der Waals surface area contributed by atoms with Gasteiger partial charge in [-0.3, -0.25) is 0 Å². The van der Waals surface area contributed by atoms with Crippen molar-refractivity contribution in [1.82, 2.24) is 0 Å². The molecule has 10 aromatic rings. The average Bonchev–Trinajstić information content (AvgIpc) is 3.92. The van der Waals surface area contributed by atoms with Gasteiger partial charge < -0.3 is 9.80 Å². The van der Waals surface area contributed by atoms with Gasteiger partial charge in [-0.15, -0.1) is 0 Å². The van der Waals surface area contributed by atoms with E-state index in [0.29, 0.717) is 0 Å². The molecule has 0 amide bonds. The maximum absolute atomic E-state index is 2.45. The SMILES string of the molecule is CN1/C(=C/C=C/C=C(/C=C/C=C/C2=[N+](C)c3ccc4ccccc4c3C2(Cc2ccccc2)Cc2ccccc2)N(c2ccccc2)c2ccccc2)C(Cc2ccccc2)(Cc2ccccc2)c2c1ccc1ccccc21. The molecule has 3 nitrogen and oxygen atoms in total. The Morgan fingerprint density at radius 3 is 1.38 bits per heavy atom. The summed E-state index contributed by atoms with van der Waals surface area (Å²) in [5.41, 5.74) is 15.6. The number of benzene rings is 10. The summed E-state index contributed by atoms with van der Waals surface area (Å²) in [7, 11) is 4.51. The van der Waals surface area contributed by atoms with Gasteiger partial charge in [0, 0.05) is 58.6 Å². The van der Waals surface area contributed by atoms with Crippen LogP contribution in [-0.4, -0.2) is 24.4 Å². The van der Waals surface area contributed by atoms with Gasteiger partial charge in [0.15, 0.2) is 5.71 Å². The van der Waals surface area contributed by atoms with Crippen molar-refractivity contribution in [3.63, 3.8) is 0 Å². The van der Waals surface area contributed by atoms with Crippen LogP contribution in [0.15, 0.2) is 315 Å². The summed E-state index contributed by atoms with van der Waals surface area (Å²) < 4.78 is 2.45. The van der Waals surface area contributed by atoms with Gasteiger partial charge in [-0.1, -0.05) is 237 Å². The fourth-order valence-electron chi connectivity index (χ4n) is 12.8. The van der Waals surface area contributed by atoms with E-state index in [9.17, 15) is 0 Å². The van der Waals surface area contributed by atoms with Crippen molar-refractivity contribution in [1.29, 1.82) is 0 Å². The van der Waals surface area contributed by atoms with E-state index < -0.39 is 0 Å². The quantitative estimate of drug-likeness (QED) is 0.0705. The van der Waals surface area contributed by atoms with Gasteiger partial charge in [-0.2, -0.15) is 4.58 Å². The van der Waals surface area contributed by atoms with Gasteiger partial charge in [-0.05, 0) is 130 Å². The van der Waals surface area contributed by atoms with Crippen LogP contribution < -0.4 is 9.80 Å². The Morgan fingerprint density at radius 2 is 0.872 bits per heavy atom. The van der Waals surface area contributed by atoms with Crippen LogP contribution in [0, 0.1) is 0 Å². The molecule has 78 heavy (non-hydrogen) atoms. The third kappa shape index (κ3) is 9.65. The van der Waals surface area contributed by atoms with Gasteiger partial charge in [0.1, 0.15) is 7.05 Å². The minimum absolute atomic E-state index is 0.359. The van der Waals surface area contributed by atoms with Gasteiger partial charge in [0.05, 0.1) is 5.41 Å². The monoisotopic (exact) mass is 1010 g/mol. The van der Waals surface area contributed by atoms with E-state index in [1.54, 1.807) is 0 Å². The lowest BCUT2D eigenvalue weighted by Crippen LogP contribution is -2.39. The standard InChI is InChI=1S/C75H64N3/c1-76-68-51-49-61-37-21-25-45-66(61)72(68)74(53-57-29-9-3-10-30-57,54-58-31-11-4-12-32-58)70(76)47-27-23-43-65(78(63-39-17-7-18-40-63)64-41-19-8-20-42-64)44-24-28-48-71-75(55-59-33-13-5-14-34-59,56-60-35-15-6-16-36-60)73-67-46-26-22-38-62(67)50-52-69(73)77(71)2/h3-52H,53-56H2,1-2H3/q+1. The number of allylic oxidation sites excluding steroid dienone is 9. The highest BCUT2D eigenvalue weighted by molar-refractivity contribution is 6.09. The second kappa shape index (κ2) is 22.1. The molecule has 0 unspecified atom stereocenters. The molecule has 10 aromatic carbocycles. The van der Waals surface area contributed by atoms with E-state index >= 15 is 0 Å². The van der Waals surface area contributed by atoms with Crippen LogP contribution in [0.4, 0.5) is 22.7 Å². The molecule has 12 rings (SSSR count). The fraction of sp³-hybridized carbons (Fsp3) is 0.107. The molecule has 3 heteroatoms. The van der Waals surface area contributed by atoms with Crippen LogP contribution in [0.25, 0.3) is 21.5 Å². The Labute approximate surface area is 460 Å². The second-order valence-corrected chi connectivity index (χ2v) is 20.9. The van der Waals surface area contributed by atoms with Gasteiger partial charge in [-0.25, -0.2) is 0 Å². The molecular weight excluding hydrogens is 943 g/mol.